The Hall–Kier alpha value is -2.08. The first-order chi connectivity index (χ1) is 9.51. The number of rotatable bonds is 3. The van der Waals surface area contributed by atoms with E-state index in [9.17, 15) is 13.6 Å². The van der Waals surface area contributed by atoms with Gasteiger partial charge in [-0.05, 0) is 30.3 Å². The number of carbonyl (C=O) groups is 1. The molecule has 2 N–H and O–H groups in total. The van der Waals surface area contributed by atoms with Crippen molar-refractivity contribution in [2.24, 2.45) is 0 Å². The molecule has 20 heavy (non-hydrogen) atoms. The van der Waals surface area contributed by atoms with Crippen molar-refractivity contribution in [3.05, 3.63) is 53.6 Å². The minimum atomic E-state index is -0.661. The summed E-state index contributed by atoms with van der Waals surface area (Å²) in [6, 6.07) is 8.01. The van der Waals surface area contributed by atoms with Crippen LogP contribution in [0.2, 0.25) is 0 Å². The second-order valence-corrected chi connectivity index (χ2v) is 5.03. The molecule has 0 amide bonds. The van der Waals surface area contributed by atoms with Crippen LogP contribution in [-0.4, -0.2) is 13.1 Å². The average molecular weight is 295 g/mol. The van der Waals surface area contributed by atoms with Crippen LogP contribution < -0.4 is 5.73 Å². The molecule has 6 heteroatoms. The van der Waals surface area contributed by atoms with Crippen LogP contribution in [0.5, 0.6) is 0 Å². The van der Waals surface area contributed by atoms with E-state index in [2.05, 4.69) is 4.74 Å². The molecule has 0 heterocycles. The Morgan fingerprint density at radius 3 is 2.60 bits per heavy atom. The number of carbonyl (C=O) groups excluding carboxylic acids is 1. The number of methoxy groups -OCH3 is 1. The molecule has 2 aromatic rings. The summed E-state index contributed by atoms with van der Waals surface area (Å²) >= 11 is 1.07. The fraction of sp³-hybridized carbons (Fsp3) is 0.0714. The molecule has 2 rings (SSSR count). The Balaban J connectivity index is 2.32. The zero-order valence-electron chi connectivity index (χ0n) is 10.5. The highest BCUT2D eigenvalue weighted by Gasteiger charge is 2.12. The van der Waals surface area contributed by atoms with Crippen molar-refractivity contribution in [1.82, 2.24) is 0 Å². The van der Waals surface area contributed by atoms with Crippen molar-refractivity contribution in [1.29, 1.82) is 0 Å². The maximum atomic E-state index is 13.6. The predicted octanol–water partition coefficient (Wildman–Crippen LogP) is 3.48. The number of halogens is 2. The van der Waals surface area contributed by atoms with Gasteiger partial charge in [0.1, 0.15) is 11.6 Å². The molecule has 2 aromatic carbocycles. The SMILES string of the molecule is COC(=O)c1cc(Sc2ccc(F)cc2F)ccc1N. The summed E-state index contributed by atoms with van der Waals surface area (Å²) < 4.78 is 31.0. The van der Waals surface area contributed by atoms with Crippen LogP contribution in [0.15, 0.2) is 46.2 Å². The van der Waals surface area contributed by atoms with Gasteiger partial charge in [-0.25, -0.2) is 13.6 Å². The third kappa shape index (κ3) is 3.08. The van der Waals surface area contributed by atoms with E-state index in [4.69, 9.17) is 5.73 Å². The molecule has 0 aliphatic heterocycles. The molecule has 0 radical (unpaired) electrons. The standard InChI is InChI=1S/C14H11F2NO2S/c1-19-14(18)10-7-9(3-4-12(10)17)20-13-5-2-8(15)6-11(13)16/h2-7H,17H2,1H3. The van der Waals surface area contributed by atoms with E-state index in [0.717, 1.165) is 17.8 Å². The van der Waals surface area contributed by atoms with E-state index in [-0.39, 0.29) is 16.1 Å². The molecule has 0 unspecified atom stereocenters. The van der Waals surface area contributed by atoms with Gasteiger partial charge in [0.15, 0.2) is 0 Å². The summed E-state index contributed by atoms with van der Waals surface area (Å²) in [5.74, 6) is -1.87. The molecule has 0 atom stereocenters. The van der Waals surface area contributed by atoms with Gasteiger partial charge in [0, 0.05) is 21.5 Å². The van der Waals surface area contributed by atoms with Gasteiger partial charge in [-0.1, -0.05) is 11.8 Å². The van der Waals surface area contributed by atoms with Crippen LogP contribution in [0.3, 0.4) is 0 Å². The highest BCUT2D eigenvalue weighted by atomic mass is 32.2. The average Bonchev–Trinajstić information content (AvgIpc) is 2.43. The zero-order valence-corrected chi connectivity index (χ0v) is 11.3. The summed E-state index contributed by atoms with van der Waals surface area (Å²) in [7, 11) is 1.25. The topological polar surface area (TPSA) is 52.3 Å². The molecule has 0 aromatic heterocycles. The van der Waals surface area contributed by atoms with Crippen LogP contribution >= 0.6 is 11.8 Å². The van der Waals surface area contributed by atoms with E-state index in [1.807, 2.05) is 0 Å². The lowest BCUT2D eigenvalue weighted by molar-refractivity contribution is 0.0601. The van der Waals surface area contributed by atoms with Crippen LogP contribution in [0.25, 0.3) is 0 Å². The summed E-state index contributed by atoms with van der Waals surface area (Å²) in [6.07, 6.45) is 0. The van der Waals surface area contributed by atoms with Crippen molar-refractivity contribution in [3.63, 3.8) is 0 Å². The molecule has 0 spiro atoms. The molecular formula is C14H11F2NO2S. The predicted molar refractivity (Wildman–Crippen MR) is 72.7 cm³/mol. The van der Waals surface area contributed by atoms with Gasteiger partial charge in [0.05, 0.1) is 12.7 Å². The minimum absolute atomic E-state index is 0.208. The lowest BCUT2D eigenvalue weighted by Crippen LogP contribution is -2.05. The lowest BCUT2D eigenvalue weighted by Gasteiger charge is -2.07. The number of hydrogen-bond acceptors (Lipinski definition) is 4. The molecule has 0 aliphatic rings. The molecule has 0 aliphatic carbocycles. The molecule has 0 saturated heterocycles. The van der Waals surface area contributed by atoms with Gasteiger partial charge in [0.25, 0.3) is 0 Å². The lowest BCUT2D eigenvalue weighted by atomic mass is 10.2. The van der Waals surface area contributed by atoms with Gasteiger partial charge in [-0.15, -0.1) is 0 Å². The fourth-order valence-corrected chi connectivity index (χ4v) is 2.43. The summed E-state index contributed by atoms with van der Waals surface area (Å²) in [6.45, 7) is 0. The minimum Gasteiger partial charge on any atom is -0.465 e. The summed E-state index contributed by atoms with van der Waals surface area (Å²) in [5.41, 5.74) is 6.16. The monoisotopic (exact) mass is 295 g/mol. The maximum Gasteiger partial charge on any atom is 0.339 e. The number of nitrogens with two attached hydrogens (primary N) is 1. The van der Waals surface area contributed by atoms with E-state index in [0.29, 0.717) is 4.90 Å². The quantitative estimate of drug-likeness (QED) is 0.695. The van der Waals surface area contributed by atoms with E-state index < -0.39 is 17.6 Å². The third-order valence-corrected chi connectivity index (χ3v) is 3.59. The van der Waals surface area contributed by atoms with E-state index in [1.54, 1.807) is 6.07 Å². The summed E-state index contributed by atoms with van der Waals surface area (Å²) in [5, 5.41) is 0. The highest BCUT2D eigenvalue weighted by molar-refractivity contribution is 7.99. The number of anilines is 1. The zero-order chi connectivity index (χ0) is 14.7. The smallest absolute Gasteiger partial charge is 0.339 e. The Bertz CT molecular complexity index is 662. The number of hydrogen-bond donors (Lipinski definition) is 1. The molecule has 104 valence electrons. The number of nitrogen functional groups attached to an aromatic ring is 1. The van der Waals surface area contributed by atoms with Crippen LogP contribution in [0.4, 0.5) is 14.5 Å². The van der Waals surface area contributed by atoms with Crippen molar-refractivity contribution in [2.75, 3.05) is 12.8 Å². The van der Waals surface area contributed by atoms with E-state index >= 15 is 0 Å². The van der Waals surface area contributed by atoms with Gasteiger partial charge in [0.2, 0.25) is 0 Å². The van der Waals surface area contributed by atoms with Crippen molar-refractivity contribution < 1.29 is 18.3 Å². The van der Waals surface area contributed by atoms with Crippen molar-refractivity contribution in [2.45, 2.75) is 9.79 Å². The van der Waals surface area contributed by atoms with Gasteiger partial charge in [-0.2, -0.15) is 0 Å². The first kappa shape index (κ1) is 14.3. The van der Waals surface area contributed by atoms with Crippen molar-refractivity contribution >= 4 is 23.4 Å². The van der Waals surface area contributed by atoms with Crippen LogP contribution in [-0.2, 0) is 4.74 Å². The normalized spacial score (nSPS) is 10.3. The molecule has 0 fully saturated rings. The number of esters is 1. The third-order valence-electron chi connectivity index (χ3n) is 2.55. The van der Waals surface area contributed by atoms with Gasteiger partial charge < -0.3 is 10.5 Å². The first-order valence-corrected chi connectivity index (χ1v) is 6.43. The second-order valence-electron chi connectivity index (χ2n) is 3.92. The Labute approximate surface area is 118 Å². The molecule has 3 nitrogen and oxygen atoms in total. The Morgan fingerprint density at radius 1 is 1.20 bits per heavy atom. The molecule has 0 saturated carbocycles. The number of benzene rings is 2. The first-order valence-electron chi connectivity index (χ1n) is 5.62. The van der Waals surface area contributed by atoms with E-state index in [1.165, 1.54) is 31.4 Å². The Kier molecular flexibility index (Phi) is 4.24. The highest BCUT2D eigenvalue weighted by Crippen LogP contribution is 2.32. The second kappa shape index (κ2) is 5.92. The number of ether oxygens (including phenoxy) is 1. The fourth-order valence-electron chi connectivity index (χ4n) is 1.57. The van der Waals surface area contributed by atoms with Crippen LogP contribution in [0, 0.1) is 11.6 Å². The van der Waals surface area contributed by atoms with Gasteiger partial charge >= 0.3 is 5.97 Å². The summed E-state index contributed by atoms with van der Waals surface area (Å²) in [4.78, 5) is 12.4. The largest absolute Gasteiger partial charge is 0.465 e. The van der Waals surface area contributed by atoms with Crippen molar-refractivity contribution in [3.8, 4) is 0 Å². The maximum absolute atomic E-state index is 13.6. The molecular weight excluding hydrogens is 284 g/mol. The van der Waals surface area contributed by atoms with Crippen LogP contribution in [0.1, 0.15) is 10.4 Å². The Morgan fingerprint density at radius 2 is 1.95 bits per heavy atom. The van der Waals surface area contributed by atoms with Gasteiger partial charge in [-0.3, -0.25) is 0 Å². The molecule has 0 bridgehead atoms.